The highest BCUT2D eigenvalue weighted by Gasteiger charge is 2.34. The maximum Gasteiger partial charge on any atom is 0.373 e. The molecule has 94 valence electrons. The minimum absolute atomic E-state index is 0.180. The van der Waals surface area contributed by atoms with Crippen LogP contribution in [0.2, 0.25) is 0 Å². The van der Waals surface area contributed by atoms with Crippen molar-refractivity contribution in [1.82, 2.24) is 4.98 Å². The summed E-state index contributed by atoms with van der Waals surface area (Å²) < 4.78 is 47.7. The van der Waals surface area contributed by atoms with Crippen molar-refractivity contribution in [1.29, 1.82) is 0 Å². The van der Waals surface area contributed by atoms with Gasteiger partial charge < -0.3 is 10.1 Å². The second-order valence-corrected chi connectivity index (χ2v) is 5.51. The SMILES string of the molecule is Cc1cnc([N+](=O)[O-])c(C(F)F)c1S(=O)(=O)Cl. The van der Waals surface area contributed by atoms with Crippen LogP contribution in [0.15, 0.2) is 11.1 Å². The molecule has 1 aromatic rings. The molecule has 0 unspecified atom stereocenters. The van der Waals surface area contributed by atoms with Gasteiger partial charge in [0.2, 0.25) is 0 Å². The first kappa shape index (κ1) is 13.7. The van der Waals surface area contributed by atoms with E-state index in [0.29, 0.717) is 0 Å². The van der Waals surface area contributed by atoms with E-state index in [2.05, 4.69) is 4.98 Å². The molecule has 1 rings (SSSR count). The number of alkyl halides is 2. The average molecular weight is 287 g/mol. The van der Waals surface area contributed by atoms with E-state index in [9.17, 15) is 27.3 Å². The molecule has 0 saturated carbocycles. The highest BCUT2D eigenvalue weighted by Crippen LogP contribution is 2.36. The third-order valence-corrected chi connectivity index (χ3v) is 3.35. The molecular formula is C7H5ClF2N2O4S. The molecule has 0 aliphatic carbocycles. The second-order valence-electron chi connectivity index (χ2n) is 3.00. The number of nitrogens with zero attached hydrogens (tertiary/aromatic N) is 2. The highest BCUT2D eigenvalue weighted by molar-refractivity contribution is 8.13. The number of aryl methyl sites for hydroxylation is 1. The quantitative estimate of drug-likeness (QED) is 0.482. The summed E-state index contributed by atoms with van der Waals surface area (Å²) in [7, 11) is 0.461. The fraction of sp³-hybridized carbons (Fsp3) is 0.286. The molecule has 0 fully saturated rings. The first-order valence-electron chi connectivity index (χ1n) is 4.03. The van der Waals surface area contributed by atoms with E-state index < -0.39 is 36.7 Å². The Morgan fingerprint density at radius 3 is 2.41 bits per heavy atom. The fourth-order valence-electron chi connectivity index (χ4n) is 1.27. The van der Waals surface area contributed by atoms with Crippen LogP contribution in [0.5, 0.6) is 0 Å². The van der Waals surface area contributed by atoms with Gasteiger partial charge in [-0.1, -0.05) is 0 Å². The van der Waals surface area contributed by atoms with Gasteiger partial charge in [-0.05, 0) is 16.8 Å². The van der Waals surface area contributed by atoms with Crippen molar-refractivity contribution in [2.45, 2.75) is 18.2 Å². The lowest BCUT2D eigenvalue weighted by atomic mass is 10.2. The summed E-state index contributed by atoms with van der Waals surface area (Å²) in [6.07, 6.45) is -2.56. The smallest absolute Gasteiger partial charge is 0.358 e. The number of pyridine rings is 1. The Bertz CT molecular complexity index is 575. The third kappa shape index (κ3) is 2.67. The van der Waals surface area contributed by atoms with Gasteiger partial charge in [0, 0.05) is 16.2 Å². The number of hydrogen-bond donors (Lipinski definition) is 0. The summed E-state index contributed by atoms with van der Waals surface area (Å²) in [5, 5.41) is 10.5. The molecule has 1 aromatic heterocycles. The van der Waals surface area contributed by atoms with Gasteiger partial charge in [-0.25, -0.2) is 17.2 Å². The van der Waals surface area contributed by atoms with Gasteiger partial charge in [0.1, 0.15) is 16.7 Å². The van der Waals surface area contributed by atoms with Crippen molar-refractivity contribution < 1.29 is 22.1 Å². The van der Waals surface area contributed by atoms with Gasteiger partial charge in [0.15, 0.2) is 0 Å². The third-order valence-electron chi connectivity index (χ3n) is 1.86. The topological polar surface area (TPSA) is 90.2 Å². The molecule has 0 saturated heterocycles. The lowest BCUT2D eigenvalue weighted by molar-refractivity contribution is -0.391. The lowest BCUT2D eigenvalue weighted by Crippen LogP contribution is -2.08. The number of aromatic nitrogens is 1. The molecule has 0 amide bonds. The summed E-state index contributed by atoms with van der Waals surface area (Å²) in [6.45, 7) is 1.16. The summed E-state index contributed by atoms with van der Waals surface area (Å²) in [5.41, 5.74) is -1.47. The minimum Gasteiger partial charge on any atom is -0.358 e. The first-order chi connectivity index (χ1) is 7.66. The largest absolute Gasteiger partial charge is 0.373 e. The number of hydrogen-bond acceptors (Lipinski definition) is 5. The molecule has 17 heavy (non-hydrogen) atoms. The van der Waals surface area contributed by atoms with Gasteiger partial charge in [0.25, 0.3) is 15.5 Å². The molecule has 1 heterocycles. The molecule has 10 heteroatoms. The molecular weight excluding hydrogens is 282 g/mol. The highest BCUT2D eigenvalue weighted by atomic mass is 35.7. The van der Waals surface area contributed by atoms with Gasteiger partial charge in [-0.3, -0.25) is 0 Å². The van der Waals surface area contributed by atoms with E-state index in [4.69, 9.17) is 10.7 Å². The zero-order valence-electron chi connectivity index (χ0n) is 8.22. The van der Waals surface area contributed by atoms with Crippen LogP contribution in [-0.2, 0) is 9.05 Å². The van der Waals surface area contributed by atoms with Gasteiger partial charge in [0.05, 0.1) is 0 Å². The van der Waals surface area contributed by atoms with E-state index in [0.717, 1.165) is 13.1 Å². The molecule has 0 atom stereocenters. The van der Waals surface area contributed by atoms with Crippen molar-refractivity contribution in [3.8, 4) is 0 Å². The normalized spacial score (nSPS) is 11.8. The Hall–Kier alpha value is -1.35. The van der Waals surface area contributed by atoms with Crippen molar-refractivity contribution in [3.05, 3.63) is 27.4 Å². The Kier molecular flexibility index (Phi) is 3.62. The summed E-state index contributed by atoms with van der Waals surface area (Å²) in [6, 6.07) is 0. The summed E-state index contributed by atoms with van der Waals surface area (Å²) >= 11 is 0. The summed E-state index contributed by atoms with van der Waals surface area (Å²) in [4.78, 5) is 11.5. The molecule has 0 N–H and O–H groups in total. The Morgan fingerprint density at radius 1 is 1.53 bits per heavy atom. The van der Waals surface area contributed by atoms with E-state index in [1.807, 2.05) is 0 Å². The van der Waals surface area contributed by atoms with Gasteiger partial charge >= 0.3 is 5.82 Å². The monoisotopic (exact) mass is 286 g/mol. The lowest BCUT2D eigenvalue weighted by Gasteiger charge is -2.07. The van der Waals surface area contributed by atoms with Crippen LogP contribution in [0.4, 0.5) is 14.6 Å². The van der Waals surface area contributed by atoms with E-state index in [1.165, 1.54) is 0 Å². The van der Waals surface area contributed by atoms with E-state index in [1.54, 1.807) is 0 Å². The number of nitro groups is 1. The first-order valence-corrected chi connectivity index (χ1v) is 6.34. The fourth-order valence-corrected chi connectivity index (χ4v) is 2.76. The maximum atomic E-state index is 12.7. The van der Waals surface area contributed by atoms with Crippen LogP contribution in [-0.4, -0.2) is 18.3 Å². The van der Waals surface area contributed by atoms with Crippen molar-refractivity contribution in [2.75, 3.05) is 0 Å². The average Bonchev–Trinajstić information content (AvgIpc) is 2.14. The van der Waals surface area contributed by atoms with Crippen LogP contribution in [0.25, 0.3) is 0 Å². The van der Waals surface area contributed by atoms with Gasteiger partial charge in [-0.2, -0.15) is 0 Å². The Morgan fingerprint density at radius 2 is 2.06 bits per heavy atom. The van der Waals surface area contributed by atoms with Crippen molar-refractivity contribution in [2.24, 2.45) is 0 Å². The molecule has 0 aliphatic rings. The molecule has 0 spiro atoms. The van der Waals surface area contributed by atoms with E-state index in [-0.39, 0.29) is 5.56 Å². The van der Waals surface area contributed by atoms with Crippen LogP contribution >= 0.6 is 10.7 Å². The Labute approximate surface area is 98.8 Å². The predicted octanol–water partition coefficient (Wildman–Crippen LogP) is 2.16. The van der Waals surface area contributed by atoms with Crippen molar-refractivity contribution >= 4 is 25.6 Å². The van der Waals surface area contributed by atoms with E-state index >= 15 is 0 Å². The zero-order valence-corrected chi connectivity index (χ0v) is 9.80. The van der Waals surface area contributed by atoms with Crippen LogP contribution in [0.1, 0.15) is 17.6 Å². The maximum absolute atomic E-state index is 12.7. The molecule has 0 radical (unpaired) electrons. The molecule has 6 nitrogen and oxygen atoms in total. The molecule has 0 aromatic carbocycles. The van der Waals surface area contributed by atoms with Crippen LogP contribution in [0, 0.1) is 17.0 Å². The standard InChI is InChI=1S/C7H5ClF2N2O4S/c1-3-2-11-7(12(13)14)4(6(9)10)5(3)17(8,15)16/h2,6H,1H3. The summed E-state index contributed by atoms with van der Waals surface area (Å²) in [5.74, 6) is -1.22. The molecule has 0 aliphatic heterocycles. The minimum atomic E-state index is -4.52. The Balaban J connectivity index is 3.80. The number of halogens is 3. The van der Waals surface area contributed by atoms with Crippen LogP contribution in [0.3, 0.4) is 0 Å². The number of rotatable bonds is 3. The molecule has 0 bridgehead atoms. The van der Waals surface area contributed by atoms with Crippen molar-refractivity contribution in [3.63, 3.8) is 0 Å². The van der Waals surface area contributed by atoms with Gasteiger partial charge in [-0.15, -0.1) is 0 Å². The van der Waals surface area contributed by atoms with Crippen LogP contribution < -0.4 is 0 Å². The predicted molar refractivity (Wildman–Crippen MR) is 53.6 cm³/mol. The zero-order chi connectivity index (χ0) is 13.4. The second kappa shape index (κ2) is 4.49.